The molecule has 1 aliphatic heterocycles. The first-order valence-electron chi connectivity index (χ1n) is 6.52. The summed E-state index contributed by atoms with van der Waals surface area (Å²) in [6.07, 6.45) is 6.14. The van der Waals surface area contributed by atoms with Crippen molar-refractivity contribution >= 4 is 0 Å². The van der Waals surface area contributed by atoms with Gasteiger partial charge >= 0.3 is 0 Å². The Balaban J connectivity index is 1.84. The summed E-state index contributed by atoms with van der Waals surface area (Å²) >= 11 is 0. The van der Waals surface area contributed by atoms with Gasteiger partial charge in [0.15, 0.2) is 0 Å². The van der Waals surface area contributed by atoms with Crippen molar-refractivity contribution in [1.82, 2.24) is 10.2 Å². The Morgan fingerprint density at radius 2 is 2.31 bits per heavy atom. The number of hydrogen-bond acceptors (Lipinski definition) is 3. The fourth-order valence-corrected chi connectivity index (χ4v) is 3.36. The third-order valence-corrected chi connectivity index (χ3v) is 4.14. The molecule has 1 heterocycles. The van der Waals surface area contributed by atoms with Crippen molar-refractivity contribution in [1.29, 1.82) is 0 Å². The molecule has 16 heavy (non-hydrogen) atoms. The summed E-state index contributed by atoms with van der Waals surface area (Å²) in [6, 6.07) is 0.638. The molecule has 0 spiro atoms. The van der Waals surface area contributed by atoms with E-state index in [0.29, 0.717) is 6.04 Å². The second kappa shape index (κ2) is 5.80. The number of hydrogen-bond donors (Lipinski definition) is 2. The largest absolute Gasteiger partial charge is 0.395 e. The van der Waals surface area contributed by atoms with E-state index < -0.39 is 0 Å². The van der Waals surface area contributed by atoms with Crippen LogP contribution in [0.25, 0.3) is 0 Å². The van der Waals surface area contributed by atoms with Crippen LogP contribution in [-0.4, -0.2) is 48.8 Å². The van der Waals surface area contributed by atoms with E-state index in [1.54, 1.807) is 0 Å². The number of nitrogens with one attached hydrogen (secondary N) is 1. The molecule has 1 saturated heterocycles. The molecule has 0 bridgehead atoms. The molecule has 2 rings (SSSR count). The first kappa shape index (κ1) is 12.1. The van der Waals surface area contributed by atoms with Crippen molar-refractivity contribution in [2.45, 2.75) is 25.3 Å². The van der Waals surface area contributed by atoms with E-state index in [4.69, 9.17) is 5.11 Å². The van der Waals surface area contributed by atoms with Gasteiger partial charge in [-0.15, -0.1) is 6.58 Å². The third kappa shape index (κ3) is 2.65. The molecule has 3 nitrogen and oxygen atoms in total. The summed E-state index contributed by atoms with van der Waals surface area (Å²) < 4.78 is 0. The van der Waals surface area contributed by atoms with Crippen molar-refractivity contribution in [2.75, 3.05) is 32.8 Å². The van der Waals surface area contributed by atoms with Gasteiger partial charge in [0, 0.05) is 25.7 Å². The van der Waals surface area contributed by atoms with Gasteiger partial charge in [-0.2, -0.15) is 0 Å². The van der Waals surface area contributed by atoms with Crippen LogP contribution in [0, 0.1) is 11.8 Å². The van der Waals surface area contributed by atoms with Crippen LogP contribution >= 0.6 is 0 Å². The van der Waals surface area contributed by atoms with Crippen molar-refractivity contribution in [3.05, 3.63) is 12.7 Å². The van der Waals surface area contributed by atoms with E-state index >= 15 is 0 Å². The van der Waals surface area contributed by atoms with Gasteiger partial charge in [0.1, 0.15) is 0 Å². The smallest absolute Gasteiger partial charge is 0.0558 e. The first-order valence-corrected chi connectivity index (χ1v) is 6.52. The Kier molecular flexibility index (Phi) is 4.38. The van der Waals surface area contributed by atoms with Gasteiger partial charge in [-0.1, -0.05) is 12.5 Å². The van der Waals surface area contributed by atoms with Gasteiger partial charge in [0.05, 0.1) is 6.61 Å². The molecule has 0 aromatic carbocycles. The van der Waals surface area contributed by atoms with Crippen molar-refractivity contribution in [3.8, 4) is 0 Å². The van der Waals surface area contributed by atoms with Gasteiger partial charge < -0.3 is 10.4 Å². The molecular weight excluding hydrogens is 200 g/mol. The molecule has 3 heteroatoms. The molecule has 0 amide bonds. The van der Waals surface area contributed by atoms with Crippen LogP contribution in [0.1, 0.15) is 19.3 Å². The Bertz CT molecular complexity index is 232. The predicted molar refractivity (Wildman–Crippen MR) is 66.3 cm³/mol. The van der Waals surface area contributed by atoms with Crippen LogP contribution in [0.4, 0.5) is 0 Å². The van der Waals surface area contributed by atoms with Crippen LogP contribution < -0.4 is 5.32 Å². The van der Waals surface area contributed by atoms with Gasteiger partial charge in [0.25, 0.3) is 0 Å². The monoisotopic (exact) mass is 224 g/mol. The van der Waals surface area contributed by atoms with Crippen LogP contribution in [-0.2, 0) is 0 Å². The lowest BCUT2D eigenvalue weighted by molar-refractivity contribution is 0.187. The molecule has 2 fully saturated rings. The minimum absolute atomic E-state index is 0.245. The van der Waals surface area contributed by atoms with E-state index in [2.05, 4.69) is 16.8 Å². The standard InChI is InChI=1S/C13H24N2O/c1-2-6-15(7-8-16)10-13-12-5-3-4-11(12)9-14-13/h2,11-14,16H,1,3-10H2. The minimum Gasteiger partial charge on any atom is -0.395 e. The molecular formula is C13H24N2O. The summed E-state index contributed by atoms with van der Waals surface area (Å²) in [5.41, 5.74) is 0. The zero-order valence-electron chi connectivity index (χ0n) is 10.1. The average molecular weight is 224 g/mol. The number of aliphatic hydroxyl groups excluding tert-OH is 1. The Morgan fingerprint density at radius 1 is 1.44 bits per heavy atom. The molecule has 3 unspecified atom stereocenters. The molecule has 0 radical (unpaired) electrons. The summed E-state index contributed by atoms with van der Waals surface area (Å²) in [6.45, 7) is 7.94. The predicted octanol–water partition coefficient (Wildman–Crippen LogP) is 0.855. The van der Waals surface area contributed by atoms with E-state index in [1.165, 1.54) is 25.8 Å². The maximum absolute atomic E-state index is 9.03. The summed E-state index contributed by atoms with van der Waals surface area (Å²) in [5, 5.41) is 12.7. The van der Waals surface area contributed by atoms with Gasteiger partial charge in [-0.3, -0.25) is 4.90 Å². The summed E-state index contributed by atoms with van der Waals surface area (Å²) in [7, 11) is 0. The highest BCUT2D eigenvalue weighted by atomic mass is 16.3. The fourth-order valence-electron chi connectivity index (χ4n) is 3.36. The van der Waals surface area contributed by atoms with Crippen LogP contribution in [0.15, 0.2) is 12.7 Å². The van der Waals surface area contributed by atoms with E-state index in [9.17, 15) is 0 Å². The lowest BCUT2D eigenvalue weighted by Gasteiger charge is -2.26. The molecule has 0 aromatic heterocycles. The lowest BCUT2D eigenvalue weighted by Crippen LogP contribution is -2.41. The molecule has 1 saturated carbocycles. The third-order valence-electron chi connectivity index (χ3n) is 4.14. The number of rotatable bonds is 6. The van der Waals surface area contributed by atoms with Crippen molar-refractivity contribution in [2.24, 2.45) is 11.8 Å². The minimum atomic E-state index is 0.245. The SMILES string of the molecule is C=CCN(CCO)CC1NCC2CCCC21. The molecule has 92 valence electrons. The maximum atomic E-state index is 9.03. The topological polar surface area (TPSA) is 35.5 Å². The second-order valence-corrected chi connectivity index (χ2v) is 5.14. The van der Waals surface area contributed by atoms with Gasteiger partial charge in [-0.25, -0.2) is 0 Å². The van der Waals surface area contributed by atoms with Gasteiger partial charge in [-0.05, 0) is 31.2 Å². The Morgan fingerprint density at radius 3 is 3.06 bits per heavy atom. The van der Waals surface area contributed by atoms with Gasteiger partial charge in [0.2, 0.25) is 0 Å². The Labute approximate surface area is 98.5 Å². The molecule has 2 N–H and O–H groups in total. The van der Waals surface area contributed by atoms with Crippen molar-refractivity contribution in [3.63, 3.8) is 0 Å². The zero-order chi connectivity index (χ0) is 11.4. The number of fused-ring (bicyclic) bond motifs is 1. The average Bonchev–Trinajstić information content (AvgIpc) is 2.83. The Hall–Kier alpha value is -0.380. The molecule has 3 atom stereocenters. The molecule has 1 aliphatic carbocycles. The number of nitrogens with zero attached hydrogens (tertiary/aromatic N) is 1. The fraction of sp³-hybridized carbons (Fsp3) is 0.846. The van der Waals surface area contributed by atoms with Crippen LogP contribution in [0.3, 0.4) is 0 Å². The highest BCUT2D eigenvalue weighted by Gasteiger charge is 2.39. The summed E-state index contributed by atoms with van der Waals surface area (Å²) in [5.74, 6) is 1.80. The lowest BCUT2D eigenvalue weighted by atomic mass is 9.94. The van der Waals surface area contributed by atoms with Crippen LogP contribution in [0.5, 0.6) is 0 Å². The molecule has 2 aliphatic rings. The van der Waals surface area contributed by atoms with E-state index in [1.807, 2.05) is 6.08 Å². The van der Waals surface area contributed by atoms with E-state index in [-0.39, 0.29) is 6.61 Å². The maximum Gasteiger partial charge on any atom is 0.0558 e. The normalized spacial score (nSPS) is 33.2. The summed E-state index contributed by atoms with van der Waals surface area (Å²) in [4.78, 5) is 2.30. The van der Waals surface area contributed by atoms with Crippen molar-refractivity contribution < 1.29 is 5.11 Å². The van der Waals surface area contributed by atoms with Crippen LogP contribution in [0.2, 0.25) is 0 Å². The number of aliphatic hydroxyl groups is 1. The molecule has 0 aromatic rings. The second-order valence-electron chi connectivity index (χ2n) is 5.14. The highest BCUT2D eigenvalue weighted by molar-refractivity contribution is 4.95. The zero-order valence-corrected chi connectivity index (χ0v) is 10.1. The highest BCUT2D eigenvalue weighted by Crippen LogP contribution is 2.37. The quantitative estimate of drug-likeness (QED) is 0.657. The van der Waals surface area contributed by atoms with E-state index in [0.717, 1.165) is 31.5 Å². The first-order chi connectivity index (χ1) is 7.85.